The number of para-hydroxylation sites is 1. The number of aromatic nitrogens is 2. The van der Waals surface area contributed by atoms with E-state index >= 15 is 0 Å². The van der Waals surface area contributed by atoms with Gasteiger partial charge in [-0.25, -0.2) is 13.4 Å². The number of carbonyl (C=O) groups is 1. The van der Waals surface area contributed by atoms with Crippen molar-refractivity contribution in [2.75, 3.05) is 25.1 Å². The number of amides is 1. The zero-order valence-corrected chi connectivity index (χ0v) is 17.9. The summed E-state index contributed by atoms with van der Waals surface area (Å²) >= 11 is 0. The van der Waals surface area contributed by atoms with Crippen LogP contribution >= 0.6 is 0 Å². The summed E-state index contributed by atoms with van der Waals surface area (Å²) in [7, 11) is -1.29. The maximum absolute atomic E-state index is 13.0. The summed E-state index contributed by atoms with van der Waals surface area (Å²) in [6.07, 6.45) is 1.24. The first-order valence-electron chi connectivity index (χ1n) is 9.88. The van der Waals surface area contributed by atoms with Crippen molar-refractivity contribution in [3.8, 4) is 0 Å². The van der Waals surface area contributed by atoms with Crippen molar-refractivity contribution >= 4 is 26.6 Å². The van der Waals surface area contributed by atoms with E-state index in [0.717, 1.165) is 6.42 Å². The van der Waals surface area contributed by atoms with Gasteiger partial charge in [0.25, 0.3) is 5.56 Å². The standard InChI is InChI=1S/C20H28N4O4S/c1-4-14(2)24(15-9-10-29(27,28)13-15)19(25)12-23(3)11-18-21-17-8-6-5-7-16(17)20(26)22-18/h5-8,14-15H,4,9-13H2,1-3H3,(H,21,22,26). The number of rotatable bonds is 7. The van der Waals surface area contributed by atoms with Gasteiger partial charge in [0.1, 0.15) is 5.82 Å². The summed E-state index contributed by atoms with van der Waals surface area (Å²) in [5, 5.41) is 0.528. The normalized spacial score (nSPS) is 19.5. The molecule has 9 heteroatoms. The minimum Gasteiger partial charge on any atom is -0.335 e. The Kier molecular flexibility index (Phi) is 6.38. The van der Waals surface area contributed by atoms with Gasteiger partial charge < -0.3 is 9.88 Å². The number of nitrogens with zero attached hydrogens (tertiary/aromatic N) is 3. The number of sulfone groups is 1. The molecule has 1 aliphatic rings. The summed E-state index contributed by atoms with van der Waals surface area (Å²) in [6.45, 7) is 4.37. The highest BCUT2D eigenvalue weighted by molar-refractivity contribution is 7.91. The molecule has 0 aliphatic carbocycles. The molecule has 29 heavy (non-hydrogen) atoms. The molecule has 0 spiro atoms. The van der Waals surface area contributed by atoms with Gasteiger partial charge >= 0.3 is 0 Å². The van der Waals surface area contributed by atoms with Crippen molar-refractivity contribution in [2.45, 2.75) is 45.3 Å². The molecule has 1 saturated heterocycles. The molecule has 1 N–H and O–H groups in total. The maximum atomic E-state index is 13.0. The van der Waals surface area contributed by atoms with E-state index in [2.05, 4.69) is 9.97 Å². The van der Waals surface area contributed by atoms with E-state index < -0.39 is 9.84 Å². The summed E-state index contributed by atoms with van der Waals surface area (Å²) < 4.78 is 23.8. The lowest BCUT2D eigenvalue weighted by atomic mass is 10.1. The molecule has 0 radical (unpaired) electrons. The zero-order chi connectivity index (χ0) is 21.2. The SMILES string of the molecule is CCC(C)N(C(=O)CN(C)Cc1nc2ccccc2c(=O)[nH]1)C1CCS(=O)(=O)C1. The Bertz CT molecular complexity index is 1050. The monoisotopic (exact) mass is 420 g/mol. The van der Waals surface area contributed by atoms with Gasteiger partial charge in [0.2, 0.25) is 5.91 Å². The molecule has 1 fully saturated rings. The molecular formula is C20H28N4O4S. The third kappa shape index (κ3) is 5.02. The number of fused-ring (bicyclic) bond motifs is 1. The number of carbonyl (C=O) groups excluding carboxylic acids is 1. The average Bonchev–Trinajstić information content (AvgIpc) is 3.00. The van der Waals surface area contributed by atoms with Crippen LogP contribution in [0.1, 0.15) is 32.5 Å². The minimum atomic E-state index is -3.08. The Hall–Kier alpha value is -2.26. The molecule has 3 rings (SSSR count). The topological polar surface area (TPSA) is 103 Å². The molecule has 2 aromatic rings. The lowest BCUT2D eigenvalue weighted by Crippen LogP contribution is -2.49. The second-order valence-corrected chi connectivity index (χ2v) is 10.0. The number of hydrogen-bond donors (Lipinski definition) is 1. The molecule has 0 saturated carbocycles. The van der Waals surface area contributed by atoms with Crippen LogP contribution in [0, 0.1) is 0 Å². The van der Waals surface area contributed by atoms with Gasteiger partial charge in [0.15, 0.2) is 9.84 Å². The summed E-state index contributed by atoms with van der Waals surface area (Å²) in [5.74, 6) is 0.553. The zero-order valence-electron chi connectivity index (χ0n) is 17.1. The van der Waals surface area contributed by atoms with Gasteiger partial charge in [0.05, 0.1) is 35.5 Å². The lowest BCUT2D eigenvalue weighted by molar-refractivity contribution is -0.136. The summed E-state index contributed by atoms with van der Waals surface area (Å²) in [5.41, 5.74) is 0.408. The van der Waals surface area contributed by atoms with E-state index in [4.69, 9.17) is 0 Å². The van der Waals surface area contributed by atoms with E-state index in [1.54, 1.807) is 35.0 Å². The second-order valence-electron chi connectivity index (χ2n) is 7.82. The van der Waals surface area contributed by atoms with Crippen molar-refractivity contribution < 1.29 is 13.2 Å². The van der Waals surface area contributed by atoms with E-state index in [0.29, 0.717) is 29.7 Å². The fraction of sp³-hybridized carbons (Fsp3) is 0.550. The Balaban J connectivity index is 1.72. The Morgan fingerprint density at radius 2 is 2.07 bits per heavy atom. The number of nitrogens with one attached hydrogen (secondary N) is 1. The Labute approximate surface area is 170 Å². The highest BCUT2D eigenvalue weighted by atomic mass is 32.2. The van der Waals surface area contributed by atoms with Gasteiger partial charge in [-0.15, -0.1) is 0 Å². The fourth-order valence-electron chi connectivity index (χ4n) is 3.83. The third-order valence-corrected chi connectivity index (χ3v) is 7.19. The molecule has 2 heterocycles. The van der Waals surface area contributed by atoms with E-state index in [1.807, 2.05) is 19.9 Å². The number of hydrogen-bond acceptors (Lipinski definition) is 6. The van der Waals surface area contributed by atoms with E-state index in [-0.39, 0.29) is 41.6 Å². The largest absolute Gasteiger partial charge is 0.335 e. The molecule has 2 unspecified atom stereocenters. The van der Waals surface area contributed by atoms with Crippen LogP contribution in [-0.4, -0.2) is 71.3 Å². The predicted molar refractivity (Wildman–Crippen MR) is 112 cm³/mol. The molecular weight excluding hydrogens is 392 g/mol. The van der Waals surface area contributed by atoms with Crippen molar-refractivity contribution in [1.29, 1.82) is 0 Å². The van der Waals surface area contributed by atoms with Crippen molar-refractivity contribution in [2.24, 2.45) is 0 Å². The van der Waals surface area contributed by atoms with E-state index in [1.165, 1.54) is 0 Å². The van der Waals surface area contributed by atoms with E-state index in [9.17, 15) is 18.0 Å². The van der Waals surface area contributed by atoms with Crippen LogP contribution in [0.2, 0.25) is 0 Å². The van der Waals surface area contributed by atoms with Crippen LogP contribution in [0.3, 0.4) is 0 Å². The number of aromatic amines is 1. The second kappa shape index (κ2) is 8.62. The first-order valence-corrected chi connectivity index (χ1v) is 11.7. The Morgan fingerprint density at radius 1 is 1.34 bits per heavy atom. The van der Waals surface area contributed by atoms with Crippen LogP contribution in [0.5, 0.6) is 0 Å². The van der Waals surface area contributed by atoms with Crippen LogP contribution < -0.4 is 5.56 Å². The highest BCUT2D eigenvalue weighted by Crippen LogP contribution is 2.21. The van der Waals surface area contributed by atoms with Crippen molar-refractivity contribution in [3.05, 3.63) is 40.4 Å². The highest BCUT2D eigenvalue weighted by Gasteiger charge is 2.36. The van der Waals surface area contributed by atoms with Crippen LogP contribution in [0.25, 0.3) is 10.9 Å². The molecule has 1 aliphatic heterocycles. The summed E-state index contributed by atoms with van der Waals surface area (Å²) in [4.78, 5) is 36.0. The summed E-state index contributed by atoms with van der Waals surface area (Å²) in [6, 6.07) is 6.81. The first kappa shape index (κ1) is 21.4. The Morgan fingerprint density at radius 3 is 2.72 bits per heavy atom. The van der Waals surface area contributed by atoms with Crippen molar-refractivity contribution in [1.82, 2.24) is 19.8 Å². The molecule has 2 atom stereocenters. The van der Waals surface area contributed by atoms with Crippen LogP contribution in [0.4, 0.5) is 0 Å². The van der Waals surface area contributed by atoms with Gasteiger partial charge in [-0.3, -0.25) is 14.5 Å². The number of likely N-dealkylation sites (N-methyl/N-ethyl adjacent to an activating group) is 1. The molecule has 8 nitrogen and oxygen atoms in total. The van der Waals surface area contributed by atoms with Gasteiger partial charge in [-0.1, -0.05) is 19.1 Å². The molecule has 158 valence electrons. The number of benzene rings is 1. The predicted octanol–water partition coefficient (Wildman–Crippen LogP) is 1.17. The van der Waals surface area contributed by atoms with Crippen LogP contribution in [-0.2, 0) is 21.2 Å². The first-order chi connectivity index (χ1) is 13.7. The number of H-pyrrole nitrogens is 1. The smallest absolute Gasteiger partial charge is 0.258 e. The maximum Gasteiger partial charge on any atom is 0.258 e. The van der Waals surface area contributed by atoms with Crippen LogP contribution in [0.15, 0.2) is 29.1 Å². The molecule has 1 aromatic heterocycles. The minimum absolute atomic E-state index is 0.0341. The molecule has 1 aromatic carbocycles. The van der Waals surface area contributed by atoms with Gasteiger partial charge in [-0.2, -0.15) is 0 Å². The average molecular weight is 421 g/mol. The van der Waals surface area contributed by atoms with Gasteiger partial charge in [-0.05, 0) is 38.9 Å². The third-order valence-electron chi connectivity index (χ3n) is 5.44. The fourth-order valence-corrected chi connectivity index (χ4v) is 5.55. The lowest BCUT2D eigenvalue weighted by Gasteiger charge is -2.35. The molecule has 1 amide bonds. The quantitative estimate of drug-likeness (QED) is 0.721. The van der Waals surface area contributed by atoms with Crippen molar-refractivity contribution in [3.63, 3.8) is 0 Å². The van der Waals surface area contributed by atoms with Gasteiger partial charge in [0, 0.05) is 12.1 Å². The molecule has 0 bridgehead atoms.